The lowest BCUT2D eigenvalue weighted by Crippen LogP contribution is -2.42. The van der Waals surface area contributed by atoms with E-state index in [0.29, 0.717) is 39.3 Å². The molecule has 3 aliphatic rings. The summed E-state index contributed by atoms with van der Waals surface area (Å²) in [6.45, 7) is 6.70. The van der Waals surface area contributed by atoms with E-state index in [-0.39, 0.29) is 12.3 Å². The number of anilines is 1. The summed E-state index contributed by atoms with van der Waals surface area (Å²) >= 11 is 12.6. The van der Waals surface area contributed by atoms with E-state index in [4.69, 9.17) is 38.0 Å². The number of carboxylic acids is 1. The van der Waals surface area contributed by atoms with Gasteiger partial charge in [0.1, 0.15) is 0 Å². The van der Waals surface area contributed by atoms with Crippen LogP contribution in [0.2, 0.25) is 10.0 Å². The van der Waals surface area contributed by atoms with E-state index >= 15 is 0 Å². The third-order valence-corrected chi connectivity index (χ3v) is 9.61. The molecule has 1 spiro atoms. The van der Waals surface area contributed by atoms with Crippen molar-refractivity contribution in [3.8, 4) is 22.9 Å². The van der Waals surface area contributed by atoms with Gasteiger partial charge in [0.25, 0.3) is 0 Å². The molecule has 5 heterocycles. The van der Waals surface area contributed by atoms with Gasteiger partial charge in [-0.2, -0.15) is 0 Å². The number of rotatable bonds is 8. The Labute approximate surface area is 262 Å². The predicted octanol–water partition coefficient (Wildman–Crippen LogP) is 6.25. The van der Waals surface area contributed by atoms with Crippen LogP contribution in [0.25, 0.3) is 11.3 Å². The van der Waals surface area contributed by atoms with Crippen LogP contribution in [-0.2, 0) is 11.3 Å². The lowest BCUT2D eigenvalue weighted by atomic mass is 9.78. The number of piperidine rings is 2. The van der Waals surface area contributed by atoms with E-state index in [1.165, 1.54) is 32.4 Å². The van der Waals surface area contributed by atoms with Gasteiger partial charge in [-0.3, -0.25) is 9.69 Å². The molecule has 0 atom stereocenters. The van der Waals surface area contributed by atoms with E-state index in [9.17, 15) is 4.79 Å². The van der Waals surface area contributed by atoms with Crippen LogP contribution in [0.3, 0.4) is 0 Å². The fourth-order valence-electron chi connectivity index (χ4n) is 6.80. The first kappa shape index (κ1) is 30.1. The summed E-state index contributed by atoms with van der Waals surface area (Å²) < 4.78 is 6.21. The smallest absolute Gasteiger partial charge is 0.303 e. The zero-order valence-corrected chi connectivity index (χ0v) is 26.0. The SMILES string of the molecule is CN1CCC2(CCN(c3ncc(Oc4cc(CN5CCC(CC(=O)O)CC5)cc(-c5cc(Cl)cc(Cl)c5)n4)cn3)CC2)C1. The van der Waals surface area contributed by atoms with Gasteiger partial charge in [0.15, 0.2) is 5.75 Å². The van der Waals surface area contributed by atoms with Crippen LogP contribution in [0.4, 0.5) is 5.95 Å². The van der Waals surface area contributed by atoms with Crippen LogP contribution in [0.5, 0.6) is 11.6 Å². The van der Waals surface area contributed by atoms with Crippen LogP contribution in [-0.4, -0.2) is 82.1 Å². The molecule has 0 saturated carbocycles. The molecule has 2 aromatic heterocycles. The van der Waals surface area contributed by atoms with Gasteiger partial charge >= 0.3 is 5.97 Å². The first-order valence-corrected chi connectivity index (χ1v) is 15.8. The maximum atomic E-state index is 11.1. The minimum Gasteiger partial charge on any atom is -0.481 e. The number of carboxylic acid groups (broad SMARTS) is 1. The van der Waals surface area contributed by atoms with Crippen molar-refractivity contribution in [2.45, 2.75) is 45.1 Å². The highest BCUT2D eigenvalue weighted by Gasteiger charge is 2.39. The maximum absolute atomic E-state index is 11.1. The molecule has 11 heteroatoms. The van der Waals surface area contributed by atoms with Crippen LogP contribution in [0.15, 0.2) is 42.7 Å². The number of ether oxygens (including phenoxy) is 1. The Bertz CT molecular complexity index is 1420. The standard InChI is InChI=1S/C32H38Cl2N6O3/c1-38-9-4-32(21-38)5-10-40(11-6-32)31-35-18-27(19-36-31)43-29-13-23(20-39-7-2-22(3-8-39)14-30(41)42)12-28(37-29)24-15-25(33)17-26(34)16-24/h12-13,15-19,22H,2-11,14,20-21H2,1H3,(H,41,42). The van der Waals surface area contributed by atoms with E-state index in [2.05, 4.69) is 31.7 Å². The minimum atomic E-state index is -0.724. The van der Waals surface area contributed by atoms with E-state index in [0.717, 1.165) is 56.1 Å². The zero-order chi connectivity index (χ0) is 30.0. The van der Waals surface area contributed by atoms with Crippen molar-refractivity contribution < 1.29 is 14.6 Å². The summed E-state index contributed by atoms with van der Waals surface area (Å²) in [6, 6.07) is 9.34. The quantitative estimate of drug-likeness (QED) is 0.312. The van der Waals surface area contributed by atoms with Gasteiger partial charge in [0.2, 0.25) is 11.8 Å². The molecule has 0 unspecified atom stereocenters. The summed E-state index contributed by atoms with van der Waals surface area (Å²) in [6.07, 6.45) is 9.03. The molecular formula is C32H38Cl2N6O3. The second kappa shape index (κ2) is 12.9. The molecule has 3 aliphatic heterocycles. The van der Waals surface area contributed by atoms with Gasteiger partial charge < -0.3 is 19.6 Å². The summed E-state index contributed by atoms with van der Waals surface area (Å²) in [5.74, 6) is 1.19. The number of aromatic nitrogens is 3. The molecule has 0 radical (unpaired) electrons. The number of halogens is 2. The van der Waals surface area contributed by atoms with E-state index in [1.807, 2.05) is 24.3 Å². The van der Waals surface area contributed by atoms with Crippen LogP contribution in [0.1, 0.15) is 44.1 Å². The molecule has 9 nitrogen and oxygen atoms in total. The van der Waals surface area contributed by atoms with Crippen molar-refractivity contribution in [2.75, 3.05) is 51.2 Å². The first-order chi connectivity index (χ1) is 20.7. The average Bonchev–Trinajstić information content (AvgIpc) is 3.33. The molecule has 0 amide bonds. The Hall–Kier alpha value is -2.98. The summed E-state index contributed by atoms with van der Waals surface area (Å²) in [5, 5.41) is 10.2. The average molecular weight is 626 g/mol. The molecule has 1 aromatic carbocycles. The van der Waals surface area contributed by atoms with Gasteiger partial charge in [-0.25, -0.2) is 15.0 Å². The van der Waals surface area contributed by atoms with Gasteiger partial charge in [-0.15, -0.1) is 0 Å². The molecule has 3 saturated heterocycles. The van der Waals surface area contributed by atoms with Crippen molar-refractivity contribution in [3.63, 3.8) is 0 Å². The monoisotopic (exact) mass is 624 g/mol. The highest BCUT2D eigenvalue weighted by Crippen LogP contribution is 2.40. The zero-order valence-electron chi connectivity index (χ0n) is 24.5. The van der Waals surface area contributed by atoms with E-state index < -0.39 is 5.97 Å². The topological polar surface area (TPSA) is 94.9 Å². The number of likely N-dealkylation sites (tertiary alicyclic amines) is 2. The number of hydrogen-bond acceptors (Lipinski definition) is 8. The maximum Gasteiger partial charge on any atom is 0.303 e. The fourth-order valence-corrected chi connectivity index (χ4v) is 7.33. The first-order valence-electron chi connectivity index (χ1n) is 15.1. The number of pyridine rings is 1. The van der Waals surface area contributed by atoms with Crippen molar-refractivity contribution >= 4 is 35.1 Å². The lowest BCUT2D eigenvalue weighted by molar-refractivity contribution is -0.138. The Morgan fingerprint density at radius 2 is 1.65 bits per heavy atom. The van der Waals surface area contributed by atoms with Gasteiger partial charge in [-0.1, -0.05) is 23.2 Å². The number of carbonyl (C=O) groups is 1. The minimum absolute atomic E-state index is 0.229. The molecule has 228 valence electrons. The second-order valence-corrected chi connectivity index (χ2v) is 13.3. The number of hydrogen-bond donors (Lipinski definition) is 1. The fraction of sp³-hybridized carbons (Fsp3) is 0.500. The lowest BCUT2D eigenvalue weighted by Gasteiger charge is -2.39. The molecule has 3 fully saturated rings. The summed E-state index contributed by atoms with van der Waals surface area (Å²) in [5.41, 5.74) is 2.98. The van der Waals surface area contributed by atoms with Crippen molar-refractivity contribution in [1.82, 2.24) is 24.8 Å². The number of aliphatic carboxylic acids is 1. The molecule has 43 heavy (non-hydrogen) atoms. The van der Waals surface area contributed by atoms with Gasteiger partial charge in [-0.05, 0) is 99.9 Å². The van der Waals surface area contributed by atoms with Gasteiger partial charge in [0, 0.05) is 54.3 Å². The van der Waals surface area contributed by atoms with Crippen LogP contribution >= 0.6 is 23.2 Å². The second-order valence-electron chi connectivity index (χ2n) is 12.5. The number of benzene rings is 1. The number of nitrogens with zero attached hydrogens (tertiary/aromatic N) is 6. The van der Waals surface area contributed by atoms with Gasteiger partial charge in [0.05, 0.1) is 18.1 Å². The van der Waals surface area contributed by atoms with Crippen LogP contribution < -0.4 is 9.64 Å². The molecule has 0 bridgehead atoms. The molecule has 1 N–H and O–H groups in total. The Morgan fingerprint density at radius 1 is 0.977 bits per heavy atom. The normalized spacial score (nSPS) is 19.7. The largest absolute Gasteiger partial charge is 0.481 e. The predicted molar refractivity (Wildman–Crippen MR) is 168 cm³/mol. The molecule has 6 rings (SSSR count). The molecular weight excluding hydrogens is 587 g/mol. The highest BCUT2D eigenvalue weighted by atomic mass is 35.5. The van der Waals surface area contributed by atoms with Crippen molar-refractivity contribution in [1.29, 1.82) is 0 Å². The molecule has 3 aromatic rings. The molecule has 0 aliphatic carbocycles. The van der Waals surface area contributed by atoms with Crippen molar-refractivity contribution in [3.05, 3.63) is 58.3 Å². The highest BCUT2D eigenvalue weighted by molar-refractivity contribution is 6.35. The summed E-state index contributed by atoms with van der Waals surface area (Å²) in [4.78, 5) is 32.3. The van der Waals surface area contributed by atoms with Crippen LogP contribution in [0, 0.1) is 11.3 Å². The third-order valence-electron chi connectivity index (χ3n) is 9.17. The Balaban J connectivity index is 1.16. The Morgan fingerprint density at radius 3 is 2.28 bits per heavy atom. The third kappa shape index (κ3) is 7.58. The Kier molecular flexibility index (Phi) is 9.05. The summed E-state index contributed by atoms with van der Waals surface area (Å²) in [7, 11) is 2.22. The van der Waals surface area contributed by atoms with Crippen molar-refractivity contribution in [2.24, 2.45) is 11.3 Å². The van der Waals surface area contributed by atoms with E-state index in [1.54, 1.807) is 18.5 Å².